The summed E-state index contributed by atoms with van der Waals surface area (Å²) in [6.45, 7) is 8.94. The van der Waals surface area contributed by atoms with Crippen LogP contribution in [0.1, 0.15) is 31.7 Å². The lowest BCUT2D eigenvalue weighted by atomic mass is 9.89. The Morgan fingerprint density at radius 2 is 2.19 bits per heavy atom. The lowest BCUT2D eigenvalue weighted by Crippen LogP contribution is -2.40. The smallest absolute Gasteiger partial charge is 0.0702 e. The third kappa shape index (κ3) is 4.29. The first-order valence-corrected chi connectivity index (χ1v) is 8.32. The zero-order valence-corrected chi connectivity index (χ0v) is 13.2. The van der Waals surface area contributed by atoms with E-state index in [1.54, 1.807) is 0 Å². The van der Waals surface area contributed by atoms with Crippen molar-refractivity contribution in [2.45, 2.75) is 38.8 Å². The molecule has 3 rings (SSSR count). The third-order valence-electron chi connectivity index (χ3n) is 4.80. The molecule has 2 aliphatic heterocycles. The van der Waals surface area contributed by atoms with Crippen LogP contribution in [-0.2, 0) is 11.3 Å². The molecule has 0 radical (unpaired) electrons. The van der Waals surface area contributed by atoms with Crippen molar-refractivity contribution in [3.63, 3.8) is 0 Å². The highest BCUT2D eigenvalue weighted by Gasteiger charge is 2.31. The van der Waals surface area contributed by atoms with Gasteiger partial charge in [0.05, 0.1) is 6.10 Å². The van der Waals surface area contributed by atoms with Gasteiger partial charge in [-0.3, -0.25) is 4.90 Å². The highest BCUT2D eigenvalue weighted by molar-refractivity contribution is 5.14. The maximum Gasteiger partial charge on any atom is 0.0702 e. The summed E-state index contributed by atoms with van der Waals surface area (Å²) in [5, 5.41) is 3.52. The number of rotatable bonds is 6. The van der Waals surface area contributed by atoms with Crippen molar-refractivity contribution in [1.82, 2.24) is 10.2 Å². The second-order valence-corrected chi connectivity index (χ2v) is 7.03. The van der Waals surface area contributed by atoms with Crippen molar-refractivity contribution in [1.29, 1.82) is 0 Å². The van der Waals surface area contributed by atoms with Gasteiger partial charge in [0.1, 0.15) is 0 Å². The molecule has 2 heterocycles. The Bertz CT molecular complexity index is 422. The van der Waals surface area contributed by atoms with Crippen LogP contribution in [0.2, 0.25) is 0 Å². The van der Waals surface area contributed by atoms with E-state index in [-0.39, 0.29) is 0 Å². The maximum absolute atomic E-state index is 5.86. The van der Waals surface area contributed by atoms with Crippen molar-refractivity contribution in [2.24, 2.45) is 5.41 Å². The Balaban J connectivity index is 1.64. The largest absolute Gasteiger partial charge is 0.377 e. The van der Waals surface area contributed by atoms with Gasteiger partial charge in [0.15, 0.2) is 0 Å². The zero-order chi connectivity index (χ0) is 14.5. The van der Waals surface area contributed by atoms with Gasteiger partial charge in [-0.15, -0.1) is 0 Å². The van der Waals surface area contributed by atoms with E-state index in [2.05, 4.69) is 47.5 Å². The standard InChI is InChI=1S/C18H28N2O/c1-18(9-10-19-14-18)15-20(13-17-8-5-11-21-17)12-16-6-3-2-4-7-16/h2-4,6-7,17,19H,5,8-15H2,1H3. The average Bonchev–Trinajstić information content (AvgIpc) is 3.12. The predicted octanol–water partition coefficient (Wildman–Crippen LogP) is 2.67. The molecule has 2 unspecified atom stereocenters. The minimum atomic E-state index is 0.410. The second-order valence-electron chi connectivity index (χ2n) is 7.03. The van der Waals surface area contributed by atoms with Gasteiger partial charge in [-0.05, 0) is 36.8 Å². The first-order chi connectivity index (χ1) is 10.2. The summed E-state index contributed by atoms with van der Waals surface area (Å²) >= 11 is 0. The van der Waals surface area contributed by atoms with Gasteiger partial charge in [0.2, 0.25) is 0 Å². The molecular formula is C18H28N2O. The summed E-state index contributed by atoms with van der Waals surface area (Å²) < 4.78 is 5.86. The van der Waals surface area contributed by atoms with Crippen molar-refractivity contribution in [2.75, 3.05) is 32.8 Å². The first kappa shape index (κ1) is 15.0. The number of benzene rings is 1. The molecule has 0 spiro atoms. The molecule has 2 fully saturated rings. The summed E-state index contributed by atoms with van der Waals surface area (Å²) in [5.41, 5.74) is 1.82. The van der Waals surface area contributed by atoms with Crippen LogP contribution < -0.4 is 5.32 Å². The van der Waals surface area contributed by atoms with Crippen LogP contribution in [0.25, 0.3) is 0 Å². The van der Waals surface area contributed by atoms with Gasteiger partial charge in [-0.2, -0.15) is 0 Å². The SMILES string of the molecule is CC1(CN(Cc2ccccc2)CC2CCCO2)CCNC1. The zero-order valence-electron chi connectivity index (χ0n) is 13.2. The minimum Gasteiger partial charge on any atom is -0.377 e. The van der Waals surface area contributed by atoms with E-state index in [9.17, 15) is 0 Å². The fourth-order valence-corrected chi connectivity index (χ4v) is 3.65. The van der Waals surface area contributed by atoms with Crippen molar-refractivity contribution >= 4 is 0 Å². The molecule has 116 valence electrons. The number of nitrogens with one attached hydrogen (secondary N) is 1. The molecule has 3 nitrogen and oxygen atoms in total. The molecule has 21 heavy (non-hydrogen) atoms. The van der Waals surface area contributed by atoms with E-state index >= 15 is 0 Å². The minimum absolute atomic E-state index is 0.410. The highest BCUT2D eigenvalue weighted by atomic mass is 16.5. The number of hydrogen-bond donors (Lipinski definition) is 1. The molecular weight excluding hydrogens is 260 g/mol. The average molecular weight is 288 g/mol. The Morgan fingerprint density at radius 3 is 2.86 bits per heavy atom. The monoisotopic (exact) mass is 288 g/mol. The molecule has 0 aliphatic carbocycles. The summed E-state index contributed by atoms with van der Waals surface area (Å²) in [7, 11) is 0. The predicted molar refractivity (Wildman–Crippen MR) is 86.3 cm³/mol. The maximum atomic E-state index is 5.86. The fourth-order valence-electron chi connectivity index (χ4n) is 3.65. The van der Waals surface area contributed by atoms with Gasteiger partial charge >= 0.3 is 0 Å². The summed E-state index contributed by atoms with van der Waals surface area (Å²) in [6, 6.07) is 10.8. The molecule has 2 atom stereocenters. The number of hydrogen-bond acceptors (Lipinski definition) is 3. The van der Waals surface area contributed by atoms with Gasteiger partial charge in [-0.25, -0.2) is 0 Å². The van der Waals surface area contributed by atoms with Crippen LogP contribution in [0.5, 0.6) is 0 Å². The van der Waals surface area contributed by atoms with Crippen LogP contribution in [0.15, 0.2) is 30.3 Å². The molecule has 2 aliphatic rings. The van der Waals surface area contributed by atoms with Crippen LogP contribution in [0, 0.1) is 5.41 Å². The molecule has 1 aromatic rings. The van der Waals surface area contributed by atoms with E-state index in [4.69, 9.17) is 4.74 Å². The van der Waals surface area contributed by atoms with E-state index in [1.807, 2.05) is 0 Å². The first-order valence-electron chi connectivity index (χ1n) is 8.32. The Morgan fingerprint density at radius 1 is 1.33 bits per heavy atom. The molecule has 0 bridgehead atoms. The summed E-state index contributed by atoms with van der Waals surface area (Å²) in [6.07, 6.45) is 4.17. The molecule has 3 heteroatoms. The molecule has 2 saturated heterocycles. The topological polar surface area (TPSA) is 24.5 Å². The number of nitrogens with zero attached hydrogens (tertiary/aromatic N) is 1. The summed E-state index contributed by atoms with van der Waals surface area (Å²) in [5.74, 6) is 0. The number of ether oxygens (including phenoxy) is 1. The Hall–Kier alpha value is -0.900. The lowest BCUT2D eigenvalue weighted by molar-refractivity contribution is 0.0558. The van der Waals surface area contributed by atoms with Gasteiger partial charge in [0, 0.05) is 32.8 Å². The van der Waals surface area contributed by atoms with E-state index in [0.717, 1.165) is 39.3 Å². The van der Waals surface area contributed by atoms with Crippen molar-refractivity contribution in [3.8, 4) is 0 Å². The van der Waals surface area contributed by atoms with Crippen molar-refractivity contribution < 1.29 is 4.74 Å². The molecule has 1 N–H and O–H groups in total. The van der Waals surface area contributed by atoms with Crippen molar-refractivity contribution in [3.05, 3.63) is 35.9 Å². The third-order valence-corrected chi connectivity index (χ3v) is 4.80. The van der Waals surface area contributed by atoms with Gasteiger partial charge in [-0.1, -0.05) is 37.3 Å². The van der Waals surface area contributed by atoms with E-state index in [1.165, 1.54) is 24.8 Å². The second kappa shape index (κ2) is 6.91. The highest BCUT2D eigenvalue weighted by Crippen LogP contribution is 2.27. The Kier molecular flexibility index (Phi) is 4.94. The van der Waals surface area contributed by atoms with Crippen LogP contribution in [0.3, 0.4) is 0 Å². The van der Waals surface area contributed by atoms with Gasteiger partial charge < -0.3 is 10.1 Å². The van der Waals surface area contributed by atoms with Crippen LogP contribution in [0.4, 0.5) is 0 Å². The fraction of sp³-hybridized carbons (Fsp3) is 0.667. The lowest BCUT2D eigenvalue weighted by Gasteiger charge is -2.33. The van der Waals surface area contributed by atoms with E-state index in [0.29, 0.717) is 11.5 Å². The van der Waals surface area contributed by atoms with Gasteiger partial charge in [0.25, 0.3) is 0 Å². The Labute approximate surface area is 128 Å². The molecule has 0 saturated carbocycles. The van der Waals surface area contributed by atoms with E-state index < -0.39 is 0 Å². The summed E-state index contributed by atoms with van der Waals surface area (Å²) in [4.78, 5) is 2.61. The van der Waals surface area contributed by atoms with Crippen LogP contribution in [-0.4, -0.2) is 43.8 Å². The molecule has 0 amide bonds. The molecule has 1 aromatic carbocycles. The normalized spacial score (nSPS) is 29.3. The quantitative estimate of drug-likeness (QED) is 0.871. The molecule has 0 aromatic heterocycles. The van der Waals surface area contributed by atoms with Crippen LogP contribution >= 0.6 is 0 Å².